The van der Waals surface area contributed by atoms with Gasteiger partial charge in [0.2, 0.25) is 0 Å². The van der Waals surface area contributed by atoms with E-state index in [-0.39, 0.29) is 5.91 Å². The summed E-state index contributed by atoms with van der Waals surface area (Å²) in [5.74, 6) is 1.03. The molecule has 26 heavy (non-hydrogen) atoms. The number of anilines is 1. The molecule has 2 aromatic carbocycles. The molecule has 0 unspecified atom stereocenters. The number of nitrogens with zero attached hydrogens (tertiary/aromatic N) is 1. The topological polar surface area (TPSA) is 46.0 Å². The van der Waals surface area contributed by atoms with Crippen molar-refractivity contribution >= 4 is 11.6 Å². The molecule has 1 fully saturated rings. The molecular formula is C21H28N3O2+. The number of nitrogens with one attached hydrogen (secondary N) is 2. The molecule has 3 rings (SSSR count). The van der Waals surface area contributed by atoms with Crippen molar-refractivity contribution in [1.82, 2.24) is 5.32 Å². The van der Waals surface area contributed by atoms with Crippen LogP contribution in [0.25, 0.3) is 0 Å². The fourth-order valence-corrected chi connectivity index (χ4v) is 3.35. The lowest BCUT2D eigenvalue weighted by Gasteiger charge is -2.33. The van der Waals surface area contributed by atoms with E-state index in [1.807, 2.05) is 30.3 Å². The lowest BCUT2D eigenvalue weighted by molar-refractivity contribution is -0.892. The summed E-state index contributed by atoms with van der Waals surface area (Å²) in [6, 6.07) is 18.4. The fraction of sp³-hybridized carbons (Fsp3) is 0.381. The fourth-order valence-electron chi connectivity index (χ4n) is 3.35. The molecule has 138 valence electrons. The van der Waals surface area contributed by atoms with Crippen LogP contribution in [0.3, 0.4) is 0 Å². The molecule has 0 aliphatic carbocycles. The van der Waals surface area contributed by atoms with Crippen molar-refractivity contribution in [2.75, 3.05) is 51.3 Å². The van der Waals surface area contributed by atoms with Gasteiger partial charge in [-0.2, -0.15) is 0 Å². The average molecular weight is 354 g/mol. The molecule has 0 radical (unpaired) electrons. The first-order valence-electron chi connectivity index (χ1n) is 9.28. The van der Waals surface area contributed by atoms with E-state index >= 15 is 0 Å². The quantitative estimate of drug-likeness (QED) is 0.772. The van der Waals surface area contributed by atoms with Crippen molar-refractivity contribution in [3.05, 3.63) is 60.2 Å². The summed E-state index contributed by atoms with van der Waals surface area (Å²) in [4.78, 5) is 15.9. The van der Waals surface area contributed by atoms with Crippen LogP contribution in [0.4, 0.5) is 5.69 Å². The highest BCUT2D eigenvalue weighted by Gasteiger charge is 2.22. The number of ether oxygens (including phenoxy) is 1. The maximum atomic E-state index is 12.2. The highest BCUT2D eigenvalue weighted by atomic mass is 16.5. The molecule has 1 aliphatic rings. The Morgan fingerprint density at radius 2 is 1.88 bits per heavy atom. The molecule has 2 aromatic rings. The van der Waals surface area contributed by atoms with Gasteiger partial charge in [-0.05, 0) is 24.1 Å². The van der Waals surface area contributed by atoms with Crippen molar-refractivity contribution in [2.24, 2.45) is 0 Å². The van der Waals surface area contributed by atoms with Crippen LogP contribution < -0.4 is 19.9 Å². The van der Waals surface area contributed by atoms with E-state index in [1.54, 1.807) is 7.11 Å². The maximum Gasteiger partial charge on any atom is 0.275 e. The predicted octanol–water partition coefficient (Wildman–Crippen LogP) is 0.759. The molecule has 5 heteroatoms. The van der Waals surface area contributed by atoms with Crippen LogP contribution >= 0.6 is 0 Å². The van der Waals surface area contributed by atoms with E-state index in [0.29, 0.717) is 13.1 Å². The van der Waals surface area contributed by atoms with E-state index in [1.165, 1.54) is 16.2 Å². The van der Waals surface area contributed by atoms with Gasteiger partial charge in [0, 0.05) is 18.3 Å². The Labute approximate surface area is 155 Å². The second-order valence-corrected chi connectivity index (χ2v) is 6.70. The number of rotatable bonds is 7. The highest BCUT2D eigenvalue weighted by Crippen LogP contribution is 2.20. The van der Waals surface area contributed by atoms with Gasteiger partial charge in [-0.1, -0.05) is 36.4 Å². The number of piperazine rings is 1. The number of hydrogen-bond donors (Lipinski definition) is 2. The van der Waals surface area contributed by atoms with E-state index in [4.69, 9.17) is 4.74 Å². The van der Waals surface area contributed by atoms with E-state index < -0.39 is 0 Å². The molecule has 0 saturated carbocycles. The van der Waals surface area contributed by atoms with Crippen molar-refractivity contribution in [3.8, 4) is 5.75 Å². The summed E-state index contributed by atoms with van der Waals surface area (Å²) in [5.41, 5.74) is 2.45. The third kappa shape index (κ3) is 5.23. The highest BCUT2D eigenvalue weighted by molar-refractivity contribution is 5.76. The Balaban J connectivity index is 1.38. The summed E-state index contributed by atoms with van der Waals surface area (Å²) in [5, 5.41) is 3.05. The summed E-state index contributed by atoms with van der Waals surface area (Å²) in [6.45, 7) is 5.12. The van der Waals surface area contributed by atoms with Gasteiger partial charge in [0.15, 0.2) is 6.54 Å². The Morgan fingerprint density at radius 1 is 1.12 bits per heavy atom. The molecule has 2 N–H and O–H groups in total. The number of carbonyl (C=O) groups is 1. The van der Waals surface area contributed by atoms with Crippen LogP contribution in [0.15, 0.2) is 54.6 Å². The van der Waals surface area contributed by atoms with E-state index in [2.05, 4.69) is 34.5 Å². The maximum absolute atomic E-state index is 12.2. The van der Waals surface area contributed by atoms with Gasteiger partial charge in [-0.15, -0.1) is 0 Å². The Bertz CT molecular complexity index is 697. The van der Waals surface area contributed by atoms with Crippen molar-refractivity contribution in [3.63, 3.8) is 0 Å². The smallest absolute Gasteiger partial charge is 0.275 e. The van der Waals surface area contributed by atoms with Crippen LogP contribution in [-0.2, 0) is 11.2 Å². The summed E-state index contributed by atoms with van der Waals surface area (Å²) in [7, 11) is 1.69. The normalized spacial score (nSPS) is 14.9. The van der Waals surface area contributed by atoms with Crippen LogP contribution in [0, 0.1) is 0 Å². The molecule has 1 amide bonds. The number of amides is 1. The zero-order valence-electron chi connectivity index (χ0n) is 15.4. The number of carbonyl (C=O) groups excluding carboxylic acids is 1. The average Bonchev–Trinajstić information content (AvgIpc) is 2.69. The van der Waals surface area contributed by atoms with Crippen molar-refractivity contribution in [2.45, 2.75) is 6.42 Å². The first kappa shape index (κ1) is 18.3. The van der Waals surface area contributed by atoms with Crippen LogP contribution in [0.2, 0.25) is 0 Å². The van der Waals surface area contributed by atoms with Crippen LogP contribution in [0.5, 0.6) is 5.75 Å². The second-order valence-electron chi connectivity index (χ2n) is 6.70. The minimum atomic E-state index is 0.144. The molecular weight excluding hydrogens is 326 g/mol. The molecule has 1 heterocycles. The number of quaternary nitrogens is 1. The monoisotopic (exact) mass is 354 g/mol. The summed E-state index contributed by atoms with van der Waals surface area (Å²) >= 11 is 0. The van der Waals surface area contributed by atoms with Gasteiger partial charge in [0.1, 0.15) is 5.75 Å². The van der Waals surface area contributed by atoms with Gasteiger partial charge in [-0.3, -0.25) is 4.79 Å². The van der Waals surface area contributed by atoms with Gasteiger partial charge in [-0.25, -0.2) is 0 Å². The second kappa shape index (κ2) is 9.25. The van der Waals surface area contributed by atoms with E-state index in [9.17, 15) is 4.79 Å². The minimum Gasteiger partial charge on any atom is -0.497 e. The van der Waals surface area contributed by atoms with Crippen molar-refractivity contribution in [1.29, 1.82) is 0 Å². The molecule has 5 nitrogen and oxygen atoms in total. The molecule has 0 atom stereocenters. The van der Waals surface area contributed by atoms with Crippen LogP contribution in [0.1, 0.15) is 5.56 Å². The number of benzene rings is 2. The number of hydrogen-bond acceptors (Lipinski definition) is 3. The Morgan fingerprint density at radius 3 is 2.62 bits per heavy atom. The standard InChI is InChI=1S/C21H27N3O2/c1-26-20-9-5-8-19(16-20)24-14-12-23(13-15-24)17-21(25)22-11-10-18-6-3-2-4-7-18/h2-9,16H,10-15,17H2,1H3,(H,22,25)/p+1. The zero-order valence-corrected chi connectivity index (χ0v) is 15.4. The minimum absolute atomic E-state index is 0.144. The predicted molar refractivity (Wildman–Crippen MR) is 104 cm³/mol. The molecule has 0 bridgehead atoms. The Kier molecular flexibility index (Phi) is 6.50. The molecule has 0 spiro atoms. The van der Waals surface area contributed by atoms with Gasteiger partial charge < -0.3 is 19.9 Å². The SMILES string of the molecule is COc1cccc(N2CC[NH+](CC(=O)NCCc3ccccc3)CC2)c1. The zero-order chi connectivity index (χ0) is 18.2. The molecule has 1 aliphatic heterocycles. The van der Waals surface area contributed by atoms with E-state index in [0.717, 1.165) is 38.3 Å². The molecule has 0 aromatic heterocycles. The van der Waals surface area contributed by atoms with Gasteiger partial charge in [0.05, 0.1) is 33.3 Å². The Hall–Kier alpha value is -2.53. The molecule has 1 saturated heterocycles. The third-order valence-corrected chi connectivity index (χ3v) is 4.88. The first-order valence-corrected chi connectivity index (χ1v) is 9.28. The van der Waals surface area contributed by atoms with Crippen LogP contribution in [-0.4, -0.2) is 52.3 Å². The summed E-state index contributed by atoms with van der Waals surface area (Å²) in [6.07, 6.45) is 0.880. The first-order chi connectivity index (χ1) is 12.7. The lowest BCUT2D eigenvalue weighted by atomic mass is 10.1. The largest absolute Gasteiger partial charge is 0.497 e. The lowest BCUT2D eigenvalue weighted by Crippen LogP contribution is -3.16. The van der Waals surface area contributed by atoms with Crippen molar-refractivity contribution < 1.29 is 14.4 Å². The van der Waals surface area contributed by atoms with Gasteiger partial charge >= 0.3 is 0 Å². The third-order valence-electron chi connectivity index (χ3n) is 4.88. The van der Waals surface area contributed by atoms with Gasteiger partial charge in [0.25, 0.3) is 5.91 Å². The summed E-state index contributed by atoms with van der Waals surface area (Å²) < 4.78 is 5.30. The number of methoxy groups -OCH3 is 1.